The molecule has 1 aromatic carbocycles. The average molecular weight is 289 g/mol. The Labute approximate surface area is 124 Å². The number of rotatable bonds is 3. The lowest BCUT2D eigenvalue weighted by molar-refractivity contribution is -0.132. The van der Waals surface area contributed by atoms with Crippen LogP contribution in [0.3, 0.4) is 0 Å². The van der Waals surface area contributed by atoms with Gasteiger partial charge in [-0.25, -0.2) is 4.79 Å². The second kappa shape index (κ2) is 6.99. The van der Waals surface area contributed by atoms with Gasteiger partial charge in [0.05, 0.1) is 6.42 Å². The van der Waals surface area contributed by atoms with E-state index in [0.29, 0.717) is 11.3 Å². The van der Waals surface area contributed by atoms with Gasteiger partial charge in [0.2, 0.25) is 5.91 Å². The molecule has 6 heteroatoms. The number of carbonyl (C=O) groups excluding carboxylic acids is 2. The molecule has 0 bridgehead atoms. The number of likely N-dealkylation sites (N-methyl/N-ethyl adjacent to an activating group) is 1. The third-order valence-corrected chi connectivity index (χ3v) is 3.50. The van der Waals surface area contributed by atoms with Gasteiger partial charge in [0.15, 0.2) is 0 Å². The maximum Gasteiger partial charge on any atom is 0.438 e. The first kappa shape index (κ1) is 15.2. The number of aliphatic imine (C=N–C) groups is 1. The summed E-state index contributed by atoms with van der Waals surface area (Å²) in [4.78, 5) is 30.7. The summed E-state index contributed by atoms with van der Waals surface area (Å²) in [5.41, 5.74) is 0.679. The molecule has 0 saturated carbocycles. The van der Waals surface area contributed by atoms with Gasteiger partial charge in [-0.2, -0.15) is 4.99 Å². The van der Waals surface area contributed by atoms with E-state index in [4.69, 9.17) is 4.74 Å². The molecule has 0 N–H and O–H groups in total. The van der Waals surface area contributed by atoms with Crippen LogP contribution in [0.5, 0.6) is 5.75 Å². The fourth-order valence-corrected chi connectivity index (χ4v) is 2.21. The van der Waals surface area contributed by atoms with Gasteiger partial charge in [-0.1, -0.05) is 18.2 Å². The van der Waals surface area contributed by atoms with Gasteiger partial charge in [0, 0.05) is 31.7 Å². The summed E-state index contributed by atoms with van der Waals surface area (Å²) in [5.74, 6) is 0.399. The quantitative estimate of drug-likeness (QED) is 0.785. The van der Waals surface area contributed by atoms with Crippen molar-refractivity contribution in [3.8, 4) is 5.75 Å². The van der Waals surface area contributed by atoms with Crippen LogP contribution in [-0.2, 0) is 11.2 Å². The summed E-state index contributed by atoms with van der Waals surface area (Å²) in [5, 5.41) is 0. The fraction of sp³-hybridized carbons (Fsp3) is 0.400. The van der Waals surface area contributed by atoms with Crippen LogP contribution in [0, 0.1) is 0 Å². The lowest BCUT2D eigenvalue weighted by Gasteiger charge is -2.32. The number of amides is 2. The molecule has 1 aliphatic rings. The zero-order valence-electron chi connectivity index (χ0n) is 12.1. The number of piperazine rings is 1. The molecule has 0 atom stereocenters. The molecule has 112 valence electrons. The predicted molar refractivity (Wildman–Crippen MR) is 79.8 cm³/mol. The molecule has 21 heavy (non-hydrogen) atoms. The minimum Gasteiger partial charge on any atom is -0.408 e. The van der Waals surface area contributed by atoms with E-state index in [1.807, 2.05) is 18.0 Å². The lowest BCUT2D eigenvalue weighted by Crippen LogP contribution is -2.47. The molecule has 0 unspecified atom stereocenters. The van der Waals surface area contributed by atoms with E-state index >= 15 is 0 Å². The average Bonchev–Trinajstić information content (AvgIpc) is 2.49. The number of ether oxygens (including phenoxy) is 1. The van der Waals surface area contributed by atoms with E-state index in [1.54, 1.807) is 18.2 Å². The normalized spacial score (nSPS) is 15.6. The third-order valence-electron chi connectivity index (χ3n) is 3.50. The summed E-state index contributed by atoms with van der Waals surface area (Å²) >= 11 is 0. The van der Waals surface area contributed by atoms with Crippen LogP contribution in [0.1, 0.15) is 5.56 Å². The largest absolute Gasteiger partial charge is 0.438 e. The van der Waals surface area contributed by atoms with E-state index in [-0.39, 0.29) is 12.3 Å². The Morgan fingerprint density at radius 2 is 1.90 bits per heavy atom. The number of para-hydroxylation sites is 1. The van der Waals surface area contributed by atoms with Crippen LogP contribution in [0.25, 0.3) is 0 Å². The standard InChI is InChI=1S/C15H19N3O3/c1-16-15(20)21-13-6-4-3-5-12(13)11-14(19)18-9-7-17(2)8-10-18/h3-6H,1,7-11H2,2H3. The summed E-state index contributed by atoms with van der Waals surface area (Å²) < 4.78 is 5.05. The minimum atomic E-state index is -0.769. The van der Waals surface area contributed by atoms with Crippen molar-refractivity contribution >= 4 is 18.7 Å². The van der Waals surface area contributed by atoms with E-state index < -0.39 is 6.09 Å². The summed E-state index contributed by atoms with van der Waals surface area (Å²) in [6.07, 6.45) is -0.556. The smallest absolute Gasteiger partial charge is 0.408 e. The molecule has 6 nitrogen and oxygen atoms in total. The highest BCUT2D eigenvalue weighted by atomic mass is 16.5. The summed E-state index contributed by atoms with van der Waals surface area (Å²) in [6, 6.07) is 6.98. The maximum atomic E-state index is 12.3. The van der Waals surface area contributed by atoms with Crippen molar-refractivity contribution < 1.29 is 14.3 Å². The van der Waals surface area contributed by atoms with Crippen LogP contribution in [0.15, 0.2) is 29.3 Å². The molecule has 1 saturated heterocycles. The zero-order valence-corrected chi connectivity index (χ0v) is 12.1. The molecular weight excluding hydrogens is 270 g/mol. The SMILES string of the molecule is C=NC(=O)Oc1ccccc1CC(=O)N1CCN(C)CC1. The first-order valence-corrected chi connectivity index (χ1v) is 6.83. The molecule has 0 aliphatic carbocycles. The van der Waals surface area contributed by atoms with Crippen molar-refractivity contribution in [2.75, 3.05) is 33.2 Å². The van der Waals surface area contributed by atoms with Crippen molar-refractivity contribution in [3.63, 3.8) is 0 Å². The van der Waals surface area contributed by atoms with Crippen molar-refractivity contribution in [2.24, 2.45) is 4.99 Å². The van der Waals surface area contributed by atoms with Crippen molar-refractivity contribution in [2.45, 2.75) is 6.42 Å². The molecule has 0 radical (unpaired) electrons. The number of nitrogens with zero attached hydrogens (tertiary/aromatic N) is 3. The van der Waals surface area contributed by atoms with Gasteiger partial charge < -0.3 is 14.5 Å². The van der Waals surface area contributed by atoms with Crippen LogP contribution in [0.2, 0.25) is 0 Å². The number of benzene rings is 1. The summed E-state index contributed by atoms with van der Waals surface area (Å²) in [7, 11) is 2.04. The van der Waals surface area contributed by atoms with Gasteiger partial charge in [-0.15, -0.1) is 0 Å². The van der Waals surface area contributed by atoms with Crippen LogP contribution < -0.4 is 4.74 Å². The Morgan fingerprint density at radius 3 is 2.57 bits per heavy atom. The number of carbonyl (C=O) groups is 2. The van der Waals surface area contributed by atoms with E-state index in [9.17, 15) is 9.59 Å². The lowest BCUT2D eigenvalue weighted by atomic mass is 10.1. The third kappa shape index (κ3) is 4.13. The molecular formula is C15H19N3O3. The number of hydrogen-bond acceptors (Lipinski definition) is 4. The predicted octanol–water partition coefficient (Wildman–Crippen LogP) is 1.20. The van der Waals surface area contributed by atoms with Gasteiger partial charge >= 0.3 is 6.09 Å². The first-order valence-electron chi connectivity index (χ1n) is 6.83. The molecule has 1 aliphatic heterocycles. The molecule has 1 heterocycles. The van der Waals surface area contributed by atoms with Gasteiger partial charge in [-0.05, 0) is 19.8 Å². The van der Waals surface area contributed by atoms with Crippen molar-refractivity contribution in [1.82, 2.24) is 9.80 Å². The number of hydrogen-bond donors (Lipinski definition) is 0. The molecule has 1 fully saturated rings. The topological polar surface area (TPSA) is 62.2 Å². The molecule has 2 amide bonds. The van der Waals surface area contributed by atoms with E-state index in [2.05, 4.69) is 16.6 Å². The fourth-order valence-electron chi connectivity index (χ4n) is 2.21. The summed E-state index contributed by atoms with van der Waals surface area (Å²) in [6.45, 7) is 6.33. The Morgan fingerprint density at radius 1 is 1.24 bits per heavy atom. The van der Waals surface area contributed by atoms with Gasteiger partial charge in [-0.3, -0.25) is 4.79 Å². The Hall–Kier alpha value is -2.21. The second-order valence-electron chi connectivity index (χ2n) is 4.99. The highest BCUT2D eigenvalue weighted by Gasteiger charge is 2.20. The van der Waals surface area contributed by atoms with Gasteiger partial charge in [0.25, 0.3) is 0 Å². The van der Waals surface area contributed by atoms with Crippen LogP contribution >= 0.6 is 0 Å². The van der Waals surface area contributed by atoms with Crippen molar-refractivity contribution in [3.05, 3.63) is 29.8 Å². The highest BCUT2D eigenvalue weighted by Crippen LogP contribution is 2.20. The highest BCUT2D eigenvalue weighted by molar-refractivity contribution is 5.81. The van der Waals surface area contributed by atoms with Crippen LogP contribution in [-0.4, -0.2) is 61.7 Å². The molecule has 1 aromatic rings. The Balaban J connectivity index is 2.03. The van der Waals surface area contributed by atoms with E-state index in [0.717, 1.165) is 26.2 Å². The molecule has 0 spiro atoms. The monoisotopic (exact) mass is 289 g/mol. The maximum absolute atomic E-state index is 12.3. The minimum absolute atomic E-state index is 0.0400. The van der Waals surface area contributed by atoms with Gasteiger partial charge in [0.1, 0.15) is 5.75 Å². The second-order valence-corrected chi connectivity index (χ2v) is 4.99. The zero-order chi connectivity index (χ0) is 15.2. The first-order chi connectivity index (χ1) is 10.1. The molecule has 0 aromatic heterocycles. The van der Waals surface area contributed by atoms with Crippen molar-refractivity contribution in [1.29, 1.82) is 0 Å². The van der Waals surface area contributed by atoms with Crippen LogP contribution in [0.4, 0.5) is 4.79 Å². The van der Waals surface area contributed by atoms with E-state index in [1.165, 1.54) is 0 Å². The Kier molecular flexibility index (Phi) is 5.05. The Bertz CT molecular complexity index is 537. The molecule has 2 rings (SSSR count).